The molecule has 0 radical (unpaired) electrons. The molecule has 0 aliphatic carbocycles. The third kappa shape index (κ3) is 5.17. The van der Waals surface area contributed by atoms with Gasteiger partial charge in [0.05, 0.1) is 5.56 Å². The topological polar surface area (TPSA) is 147 Å². The fourth-order valence-electron chi connectivity index (χ4n) is 2.77. The summed E-state index contributed by atoms with van der Waals surface area (Å²) in [5.41, 5.74) is 1.73. The first-order valence-corrected chi connectivity index (χ1v) is 10.6. The highest BCUT2D eigenvalue weighted by Gasteiger charge is 2.27. The van der Waals surface area contributed by atoms with Crippen LogP contribution in [0.3, 0.4) is 0 Å². The number of hydrogen-bond acceptors (Lipinski definition) is 6. The quantitative estimate of drug-likeness (QED) is 0.330. The molecule has 0 aliphatic heterocycles. The molecular weight excluding hydrogens is 438 g/mol. The molecule has 3 aromatic carbocycles. The van der Waals surface area contributed by atoms with Gasteiger partial charge >= 0.3 is 11.9 Å². The Labute approximate surface area is 183 Å². The zero-order chi connectivity index (χ0) is 23.3. The highest BCUT2D eigenvalue weighted by Crippen LogP contribution is 2.30. The number of hydrogen-bond donors (Lipinski definition) is 3. The van der Waals surface area contributed by atoms with Crippen molar-refractivity contribution in [1.82, 2.24) is 4.72 Å². The number of rotatable bonds is 9. The Kier molecular flexibility index (Phi) is 6.67. The number of carbonyl (C=O) groups is 3. The minimum atomic E-state index is -4.36. The SMILES string of the molecule is O=C[C@@H](NS(=O)(=O)c1ccccc1Oc1ccc(-c2ccc(C(=O)O)cc2)cc1)C(=O)O. The van der Waals surface area contributed by atoms with Crippen LogP contribution in [0.1, 0.15) is 10.4 Å². The second-order valence-corrected chi connectivity index (χ2v) is 8.21. The second kappa shape index (κ2) is 9.41. The number of para-hydroxylation sites is 1. The van der Waals surface area contributed by atoms with Gasteiger partial charge in [0.25, 0.3) is 0 Å². The van der Waals surface area contributed by atoms with Gasteiger partial charge in [-0.1, -0.05) is 36.4 Å². The normalized spacial score (nSPS) is 12.0. The van der Waals surface area contributed by atoms with Gasteiger partial charge in [-0.3, -0.25) is 4.79 Å². The summed E-state index contributed by atoms with van der Waals surface area (Å²) < 4.78 is 32.6. The van der Waals surface area contributed by atoms with E-state index < -0.39 is 28.0 Å². The third-order valence-corrected chi connectivity index (χ3v) is 5.85. The summed E-state index contributed by atoms with van der Waals surface area (Å²) in [6.07, 6.45) is -0.0227. The number of aromatic carboxylic acids is 1. The smallest absolute Gasteiger partial charge is 0.335 e. The molecule has 164 valence electrons. The molecule has 0 heterocycles. The Morgan fingerprint density at radius 1 is 0.875 bits per heavy atom. The Balaban J connectivity index is 1.83. The van der Waals surface area contributed by atoms with E-state index in [9.17, 15) is 22.8 Å². The molecule has 32 heavy (non-hydrogen) atoms. The third-order valence-electron chi connectivity index (χ3n) is 4.37. The highest BCUT2D eigenvalue weighted by atomic mass is 32.2. The fourth-order valence-corrected chi connectivity index (χ4v) is 4.02. The van der Waals surface area contributed by atoms with Gasteiger partial charge < -0.3 is 19.7 Å². The van der Waals surface area contributed by atoms with Crippen LogP contribution in [-0.4, -0.2) is 42.9 Å². The molecule has 3 rings (SSSR count). The van der Waals surface area contributed by atoms with Crippen LogP contribution in [0.5, 0.6) is 11.5 Å². The van der Waals surface area contributed by atoms with E-state index in [1.165, 1.54) is 30.3 Å². The summed E-state index contributed by atoms with van der Waals surface area (Å²) in [6, 6.07) is 16.6. The van der Waals surface area contributed by atoms with Crippen molar-refractivity contribution in [1.29, 1.82) is 0 Å². The molecule has 0 aliphatic rings. The molecule has 3 N–H and O–H groups in total. The lowest BCUT2D eigenvalue weighted by molar-refractivity contribution is -0.140. The minimum absolute atomic E-state index is 0.0227. The Bertz CT molecular complexity index is 1250. The van der Waals surface area contributed by atoms with Gasteiger partial charge in [-0.2, -0.15) is 4.72 Å². The van der Waals surface area contributed by atoms with Crippen LogP contribution in [0.25, 0.3) is 11.1 Å². The number of nitrogens with one attached hydrogen (secondary N) is 1. The second-order valence-electron chi connectivity index (χ2n) is 6.53. The fraction of sp³-hybridized carbons (Fsp3) is 0.0455. The Hall–Kier alpha value is -4.02. The van der Waals surface area contributed by atoms with Crippen LogP contribution in [0.4, 0.5) is 0 Å². The molecule has 1 atom stereocenters. The van der Waals surface area contributed by atoms with Crippen molar-refractivity contribution in [3.8, 4) is 22.6 Å². The van der Waals surface area contributed by atoms with Crippen molar-refractivity contribution >= 4 is 28.2 Å². The van der Waals surface area contributed by atoms with Crippen LogP contribution < -0.4 is 9.46 Å². The molecule has 0 amide bonds. The van der Waals surface area contributed by atoms with Crippen molar-refractivity contribution in [2.45, 2.75) is 10.9 Å². The summed E-state index contributed by atoms with van der Waals surface area (Å²) in [4.78, 5) is 32.5. The first-order chi connectivity index (χ1) is 15.2. The molecule has 10 heteroatoms. The summed E-state index contributed by atoms with van der Waals surface area (Å²) in [5, 5.41) is 17.9. The molecule has 3 aromatic rings. The van der Waals surface area contributed by atoms with E-state index in [-0.39, 0.29) is 22.5 Å². The molecule has 0 bridgehead atoms. The number of aldehydes is 1. The molecule has 0 fully saturated rings. The summed E-state index contributed by atoms with van der Waals surface area (Å²) in [5.74, 6) is -2.41. The number of carboxylic acid groups (broad SMARTS) is 2. The van der Waals surface area contributed by atoms with E-state index in [4.69, 9.17) is 14.9 Å². The number of ether oxygens (including phenoxy) is 1. The highest BCUT2D eigenvalue weighted by molar-refractivity contribution is 7.89. The van der Waals surface area contributed by atoms with Crippen LogP contribution in [0, 0.1) is 0 Å². The van der Waals surface area contributed by atoms with Gasteiger partial charge in [-0.25, -0.2) is 13.2 Å². The van der Waals surface area contributed by atoms with Gasteiger partial charge in [-0.15, -0.1) is 0 Å². The first-order valence-electron chi connectivity index (χ1n) is 9.12. The van der Waals surface area contributed by atoms with Crippen molar-refractivity contribution < 1.29 is 37.8 Å². The molecular formula is C22H17NO8S. The van der Waals surface area contributed by atoms with Crippen molar-refractivity contribution in [2.24, 2.45) is 0 Å². The molecule has 0 unspecified atom stereocenters. The lowest BCUT2D eigenvalue weighted by Crippen LogP contribution is -2.41. The monoisotopic (exact) mass is 455 g/mol. The van der Waals surface area contributed by atoms with Gasteiger partial charge in [-0.05, 0) is 47.5 Å². The number of carbonyl (C=O) groups excluding carboxylic acids is 1. The van der Waals surface area contributed by atoms with E-state index in [2.05, 4.69) is 0 Å². The van der Waals surface area contributed by atoms with Gasteiger partial charge in [0.15, 0.2) is 6.04 Å². The molecule has 9 nitrogen and oxygen atoms in total. The molecule has 0 saturated carbocycles. The maximum atomic E-state index is 12.6. The zero-order valence-electron chi connectivity index (χ0n) is 16.3. The lowest BCUT2D eigenvalue weighted by atomic mass is 10.0. The first kappa shape index (κ1) is 22.7. The maximum Gasteiger partial charge on any atom is 0.335 e. The summed E-state index contributed by atoms with van der Waals surface area (Å²) >= 11 is 0. The number of aliphatic carboxylic acids is 1. The minimum Gasteiger partial charge on any atom is -0.480 e. The number of carboxylic acids is 2. The van der Waals surface area contributed by atoms with Gasteiger partial charge in [0.1, 0.15) is 22.7 Å². The molecule has 0 aromatic heterocycles. The van der Waals surface area contributed by atoms with Crippen LogP contribution in [0.15, 0.2) is 77.7 Å². The van der Waals surface area contributed by atoms with E-state index in [0.717, 1.165) is 11.1 Å². The van der Waals surface area contributed by atoms with E-state index in [1.54, 1.807) is 42.5 Å². The van der Waals surface area contributed by atoms with E-state index in [1.807, 2.05) is 4.72 Å². The average molecular weight is 455 g/mol. The lowest BCUT2D eigenvalue weighted by Gasteiger charge is -2.14. The van der Waals surface area contributed by atoms with E-state index in [0.29, 0.717) is 5.75 Å². The van der Waals surface area contributed by atoms with Gasteiger partial charge in [0.2, 0.25) is 10.0 Å². The average Bonchev–Trinajstić information content (AvgIpc) is 2.78. The van der Waals surface area contributed by atoms with Crippen LogP contribution >= 0.6 is 0 Å². The number of benzene rings is 3. The number of sulfonamides is 1. The summed E-state index contributed by atoms with van der Waals surface area (Å²) in [7, 11) is -4.36. The Morgan fingerprint density at radius 2 is 1.44 bits per heavy atom. The molecule has 0 saturated heterocycles. The standard InChI is InChI=1S/C22H17NO8S/c24-13-18(22(27)28)23-32(29,30)20-4-2-1-3-19(20)31-17-11-9-15(10-12-17)14-5-7-16(8-6-14)21(25)26/h1-13,18,23H,(H,25,26)(H,27,28)/t18-/m1/s1. The molecule has 0 spiro atoms. The van der Waals surface area contributed by atoms with Crippen molar-refractivity contribution in [3.63, 3.8) is 0 Å². The van der Waals surface area contributed by atoms with Crippen LogP contribution in [-0.2, 0) is 19.6 Å². The Morgan fingerprint density at radius 3 is 1.97 bits per heavy atom. The predicted octanol–water partition coefficient (Wildman–Crippen LogP) is 2.77. The van der Waals surface area contributed by atoms with Crippen molar-refractivity contribution in [2.75, 3.05) is 0 Å². The largest absolute Gasteiger partial charge is 0.480 e. The predicted molar refractivity (Wildman–Crippen MR) is 113 cm³/mol. The van der Waals surface area contributed by atoms with Crippen LogP contribution in [0.2, 0.25) is 0 Å². The van der Waals surface area contributed by atoms with E-state index >= 15 is 0 Å². The van der Waals surface area contributed by atoms with Gasteiger partial charge in [0, 0.05) is 0 Å². The zero-order valence-corrected chi connectivity index (χ0v) is 17.2. The maximum absolute atomic E-state index is 12.6. The van der Waals surface area contributed by atoms with Crippen molar-refractivity contribution in [3.05, 3.63) is 78.4 Å². The summed E-state index contributed by atoms with van der Waals surface area (Å²) in [6.45, 7) is 0.